The van der Waals surface area contributed by atoms with Gasteiger partial charge in [-0.05, 0) is 58.3 Å². The van der Waals surface area contributed by atoms with E-state index in [1.807, 2.05) is 0 Å². The first-order valence-electron chi connectivity index (χ1n) is 18.7. The molecule has 0 atom stereocenters. The van der Waals surface area contributed by atoms with E-state index in [0.717, 1.165) is 43.8 Å². The fraction of sp³-hybridized carbons (Fsp3) is 0. The van der Waals surface area contributed by atoms with Crippen LogP contribution in [0.25, 0.3) is 120 Å². The van der Waals surface area contributed by atoms with Crippen LogP contribution < -0.4 is 0 Å². The maximum Gasteiger partial charge on any atom is 0.165 e. The molecule has 1 aliphatic heterocycles. The zero-order valence-corrected chi connectivity index (χ0v) is 30.2. The SMILES string of the molecule is c1ccc2c(c1)-c1ccccc1-n1c3ccccc3c3cc4c(c-2c31)c1ccccc1n4-c1nc2c(nc1-c1ccc3ccccc3c1)sc1ccccc12. The van der Waals surface area contributed by atoms with Crippen LogP contribution in [0.3, 0.4) is 0 Å². The minimum absolute atomic E-state index is 0.831. The number of hydrogen-bond donors (Lipinski definition) is 0. The molecular weight excluding hydrogens is 689 g/mol. The maximum absolute atomic E-state index is 5.68. The van der Waals surface area contributed by atoms with Crippen LogP contribution in [-0.4, -0.2) is 19.1 Å². The van der Waals surface area contributed by atoms with Gasteiger partial charge in [0.1, 0.15) is 16.0 Å². The van der Waals surface area contributed by atoms with Gasteiger partial charge in [-0.2, -0.15) is 0 Å². The quantitative estimate of drug-likeness (QED) is 0.179. The third-order valence-corrected chi connectivity index (χ3v) is 12.7. The first-order valence-corrected chi connectivity index (χ1v) is 19.5. The summed E-state index contributed by atoms with van der Waals surface area (Å²) in [6.07, 6.45) is 0. The minimum Gasteiger partial charge on any atom is -0.308 e. The van der Waals surface area contributed by atoms with Crippen molar-refractivity contribution in [1.82, 2.24) is 19.1 Å². The Morgan fingerprint density at radius 2 is 1.13 bits per heavy atom. The molecule has 1 aliphatic rings. The maximum atomic E-state index is 5.68. The molecule has 0 bridgehead atoms. The average Bonchev–Trinajstić information content (AvgIpc) is 3.86. The lowest BCUT2D eigenvalue weighted by Gasteiger charge is -2.14. The van der Waals surface area contributed by atoms with Crippen molar-refractivity contribution in [3.8, 4) is 45.0 Å². The number of thiophene rings is 1. The summed E-state index contributed by atoms with van der Waals surface area (Å²) in [6.45, 7) is 0. The van der Waals surface area contributed by atoms with Crippen LogP contribution in [0.15, 0.2) is 170 Å². The Morgan fingerprint density at radius 1 is 0.455 bits per heavy atom. The first kappa shape index (κ1) is 29.4. The third kappa shape index (κ3) is 3.89. The van der Waals surface area contributed by atoms with Crippen molar-refractivity contribution in [3.05, 3.63) is 170 Å². The van der Waals surface area contributed by atoms with Gasteiger partial charge in [0, 0.05) is 48.3 Å². The van der Waals surface area contributed by atoms with Gasteiger partial charge in [-0.15, -0.1) is 11.3 Å². The monoisotopic (exact) mass is 716 g/mol. The van der Waals surface area contributed by atoms with Crippen LogP contribution in [0.4, 0.5) is 0 Å². The van der Waals surface area contributed by atoms with Crippen LogP contribution in [0.1, 0.15) is 0 Å². The Hall–Kier alpha value is -7.08. The zero-order valence-electron chi connectivity index (χ0n) is 29.4. The van der Waals surface area contributed by atoms with Gasteiger partial charge in [-0.3, -0.25) is 4.57 Å². The van der Waals surface area contributed by atoms with E-state index in [1.54, 1.807) is 11.3 Å². The molecule has 4 aromatic heterocycles. The summed E-state index contributed by atoms with van der Waals surface area (Å²) in [5.41, 5.74) is 13.6. The second-order valence-electron chi connectivity index (χ2n) is 14.5. The molecule has 55 heavy (non-hydrogen) atoms. The third-order valence-electron chi connectivity index (χ3n) is 11.7. The molecule has 0 unspecified atom stereocenters. The fourth-order valence-corrected chi connectivity index (χ4v) is 10.4. The van der Waals surface area contributed by atoms with Gasteiger partial charge in [0.15, 0.2) is 5.82 Å². The molecule has 0 saturated heterocycles. The summed E-state index contributed by atoms with van der Waals surface area (Å²) in [6, 6.07) is 61.7. The van der Waals surface area contributed by atoms with E-state index in [2.05, 4.69) is 179 Å². The van der Waals surface area contributed by atoms with Crippen molar-refractivity contribution in [2.45, 2.75) is 0 Å². The highest BCUT2D eigenvalue weighted by molar-refractivity contribution is 7.25. The number of fused-ring (bicyclic) bond motifs is 16. The number of para-hydroxylation sites is 3. The molecule has 0 N–H and O–H groups in total. The fourth-order valence-electron chi connectivity index (χ4n) is 9.34. The van der Waals surface area contributed by atoms with Crippen molar-refractivity contribution in [2.75, 3.05) is 0 Å². The molecule has 5 heterocycles. The number of aromatic nitrogens is 4. The van der Waals surface area contributed by atoms with Gasteiger partial charge >= 0.3 is 0 Å². The summed E-state index contributed by atoms with van der Waals surface area (Å²) in [5, 5.41) is 8.36. The van der Waals surface area contributed by atoms with Crippen molar-refractivity contribution in [2.24, 2.45) is 0 Å². The first-order chi connectivity index (χ1) is 27.3. The van der Waals surface area contributed by atoms with E-state index in [9.17, 15) is 0 Å². The molecule has 4 nitrogen and oxygen atoms in total. The lowest BCUT2D eigenvalue weighted by atomic mass is 9.91. The van der Waals surface area contributed by atoms with E-state index < -0.39 is 0 Å². The molecule has 0 radical (unpaired) electrons. The Kier molecular flexibility index (Phi) is 5.74. The Balaban J connectivity index is 1.26. The molecule has 0 saturated carbocycles. The van der Waals surface area contributed by atoms with Crippen molar-refractivity contribution in [1.29, 1.82) is 0 Å². The van der Waals surface area contributed by atoms with Crippen LogP contribution in [0, 0.1) is 0 Å². The van der Waals surface area contributed by atoms with Crippen LogP contribution in [0.2, 0.25) is 0 Å². The van der Waals surface area contributed by atoms with Gasteiger partial charge in [0.25, 0.3) is 0 Å². The van der Waals surface area contributed by atoms with Gasteiger partial charge in [-0.25, -0.2) is 9.97 Å². The second kappa shape index (κ2) is 10.8. The summed E-state index contributed by atoms with van der Waals surface area (Å²) in [5.74, 6) is 0.831. The largest absolute Gasteiger partial charge is 0.308 e. The molecule has 12 aromatic rings. The number of hydrogen-bond acceptors (Lipinski definition) is 3. The second-order valence-corrected chi connectivity index (χ2v) is 15.6. The summed E-state index contributed by atoms with van der Waals surface area (Å²) < 4.78 is 6.09. The molecule has 5 heteroatoms. The minimum atomic E-state index is 0.831. The number of benzene rings is 8. The molecule has 0 amide bonds. The lowest BCUT2D eigenvalue weighted by molar-refractivity contribution is 1.09. The molecule has 0 fully saturated rings. The molecule has 0 spiro atoms. The van der Waals surface area contributed by atoms with Gasteiger partial charge in [0.2, 0.25) is 0 Å². The smallest absolute Gasteiger partial charge is 0.165 e. The van der Waals surface area contributed by atoms with Crippen molar-refractivity contribution < 1.29 is 0 Å². The summed E-state index contributed by atoms with van der Waals surface area (Å²) >= 11 is 1.71. The number of rotatable bonds is 2. The summed E-state index contributed by atoms with van der Waals surface area (Å²) in [4.78, 5) is 12.2. The normalized spacial score (nSPS) is 12.4. The molecule has 0 aliphatic carbocycles. The molecular formula is C50H28N4S. The van der Waals surface area contributed by atoms with Gasteiger partial charge < -0.3 is 4.57 Å². The Bertz CT molecular complexity index is 3620. The van der Waals surface area contributed by atoms with Crippen LogP contribution in [-0.2, 0) is 0 Å². The van der Waals surface area contributed by atoms with Crippen molar-refractivity contribution >= 4 is 86.2 Å². The standard InChI is InChI=1S/C50H28N4S/c1-2-14-30-27-31(26-25-29(30)13-1)46-49(51-47-37-20-8-12-24-43(37)55-50(47)52-46)54-41-23-11-7-19-36(41)44-42(54)28-38-34-17-6-10-22-40(34)53-39-21-9-5-16-33(39)32-15-3-4-18-35(32)45(44)48(38)53/h1-28H. The highest BCUT2D eigenvalue weighted by atomic mass is 32.1. The average molecular weight is 717 g/mol. The van der Waals surface area contributed by atoms with E-state index in [1.165, 1.54) is 76.0 Å². The zero-order chi connectivity index (χ0) is 35.8. The molecule has 254 valence electrons. The Labute approximate surface area is 318 Å². The van der Waals surface area contributed by atoms with E-state index in [-0.39, 0.29) is 0 Å². The predicted molar refractivity (Wildman–Crippen MR) is 231 cm³/mol. The predicted octanol–water partition coefficient (Wildman–Crippen LogP) is 13.5. The van der Waals surface area contributed by atoms with E-state index in [0.29, 0.717) is 0 Å². The Morgan fingerprint density at radius 3 is 2.00 bits per heavy atom. The topological polar surface area (TPSA) is 35.6 Å². The van der Waals surface area contributed by atoms with Crippen molar-refractivity contribution in [3.63, 3.8) is 0 Å². The molecule has 13 rings (SSSR count). The summed E-state index contributed by atoms with van der Waals surface area (Å²) in [7, 11) is 0. The van der Waals surface area contributed by atoms with E-state index in [4.69, 9.17) is 9.97 Å². The molecule has 8 aromatic carbocycles. The highest BCUT2D eigenvalue weighted by Crippen LogP contribution is 2.52. The van der Waals surface area contributed by atoms with Crippen LogP contribution in [0.5, 0.6) is 0 Å². The van der Waals surface area contributed by atoms with Gasteiger partial charge in [0.05, 0.1) is 27.8 Å². The van der Waals surface area contributed by atoms with Crippen LogP contribution >= 0.6 is 11.3 Å². The highest BCUT2D eigenvalue weighted by Gasteiger charge is 2.30. The number of nitrogens with zero attached hydrogens (tertiary/aromatic N) is 4. The van der Waals surface area contributed by atoms with Gasteiger partial charge in [-0.1, -0.05) is 133 Å². The lowest BCUT2D eigenvalue weighted by Crippen LogP contribution is -2.03. The van der Waals surface area contributed by atoms with E-state index >= 15 is 0 Å².